The minimum absolute atomic E-state index is 0.222. The van der Waals surface area contributed by atoms with E-state index in [2.05, 4.69) is 36.5 Å². The largest absolute Gasteiger partial charge is 0.415 e. The first kappa shape index (κ1) is 17.2. The van der Waals surface area contributed by atoms with Crippen LogP contribution >= 0.6 is 10.0 Å². The number of rotatable bonds is 4. The predicted octanol–water partition coefficient (Wildman–Crippen LogP) is 3.11. The highest BCUT2D eigenvalue weighted by molar-refractivity contribution is 8.32. The van der Waals surface area contributed by atoms with Gasteiger partial charge in [0.2, 0.25) is 0 Å². The number of carbonyl (C=O) groups excluding carboxylic acids is 1. The first-order valence-corrected chi connectivity index (χ1v) is 11.0. The number of benzene rings is 1. The van der Waals surface area contributed by atoms with E-state index in [-0.39, 0.29) is 6.09 Å². The molecule has 0 spiro atoms. The van der Waals surface area contributed by atoms with Gasteiger partial charge < -0.3 is 14.6 Å². The van der Waals surface area contributed by atoms with Crippen molar-refractivity contribution in [2.75, 3.05) is 51.3 Å². The van der Waals surface area contributed by atoms with Crippen molar-refractivity contribution in [3.8, 4) is 5.75 Å². The van der Waals surface area contributed by atoms with Crippen molar-refractivity contribution in [1.82, 2.24) is 14.8 Å². The van der Waals surface area contributed by atoms with E-state index in [4.69, 9.17) is 4.74 Å². The molecule has 1 saturated heterocycles. The Hall–Kier alpha value is -1.66. The maximum absolute atomic E-state index is 12.5. The van der Waals surface area contributed by atoms with Crippen molar-refractivity contribution in [2.45, 2.75) is 6.42 Å². The lowest BCUT2D eigenvalue weighted by Crippen LogP contribution is -2.31. The topological polar surface area (TPSA) is 48.6 Å². The molecule has 1 amide bonds. The van der Waals surface area contributed by atoms with Gasteiger partial charge in [0, 0.05) is 30.2 Å². The molecule has 0 atom stereocenters. The average molecular weight is 350 g/mol. The summed E-state index contributed by atoms with van der Waals surface area (Å²) < 4.78 is 5.78. The zero-order chi connectivity index (χ0) is 17.3. The Morgan fingerprint density at radius 3 is 2.83 bits per heavy atom. The van der Waals surface area contributed by atoms with Gasteiger partial charge in [-0.05, 0) is 56.5 Å². The molecular weight excluding hydrogens is 322 g/mol. The third-order valence-electron chi connectivity index (χ3n) is 4.45. The second-order valence-corrected chi connectivity index (χ2v) is 11.5. The Bertz CT molecular complexity index is 739. The lowest BCUT2D eigenvalue weighted by Gasteiger charge is -2.24. The van der Waals surface area contributed by atoms with E-state index in [1.807, 2.05) is 29.3 Å². The fourth-order valence-electron chi connectivity index (χ4n) is 3.06. The molecule has 1 aliphatic rings. The minimum Gasteiger partial charge on any atom is -0.409 e. The number of aromatic nitrogens is 1. The maximum Gasteiger partial charge on any atom is 0.415 e. The summed E-state index contributed by atoms with van der Waals surface area (Å²) in [7, 11) is 3.45. The number of nitrogens with zero attached hydrogens (tertiary/aromatic N) is 2. The van der Waals surface area contributed by atoms with Gasteiger partial charge in [-0.25, -0.2) is 14.8 Å². The predicted molar refractivity (Wildman–Crippen MR) is 102 cm³/mol. The molecule has 0 radical (unpaired) electrons. The molecule has 3 rings (SSSR count). The molecule has 2 heterocycles. The van der Waals surface area contributed by atoms with Crippen LogP contribution in [0.2, 0.25) is 0 Å². The first-order chi connectivity index (χ1) is 11.4. The molecule has 6 heteroatoms. The first-order valence-electron chi connectivity index (χ1n) is 8.25. The van der Waals surface area contributed by atoms with E-state index >= 15 is 0 Å². The Kier molecular flexibility index (Phi) is 4.78. The minimum atomic E-state index is -0.677. The number of nitrogens with one attached hydrogen (secondary N) is 1. The van der Waals surface area contributed by atoms with Gasteiger partial charge in [0.05, 0.1) is 5.88 Å². The number of aromatic amines is 1. The van der Waals surface area contributed by atoms with Crippen LogP contribution in [0, 0.1) is 0 Å². The SMILES string of the molecule is CN(C)CCc1c[nH]c2cccc(OC(=O)N3CCS(C)(C)C3)c12. The lowest BCUT2D eigenvalue weighted by atomic mass is 10.1. The van der Waals surface area contributed by atoms with Gasteiger partial charge in [0.1, 0.15) is 5.75 Å². The summed E-state index contributed by atoms with van der Waals surface area (Å²) in [5.41, 5.74) is 2.20. The number of H-pyrrole nitrogens is 1. The highest BCUT2D eigenvalue weighted by Crippen LogP contribution is 2.44. The van der Waals surface area contributed by atoms with E-state index in [0.717, 1.165) is 42.0 Å². The monoisotopic (exact) mass is 349 g/mol. The molecule has 1 aromatic carbocycles. The smallest absolute Gasteiger partial charge is 0.409 e. The van der Waals surface area contributed by atoms with Gasteiger partial charge in [-0.2, -0.15) is 0 Å². The Labute approximate surface area is 145 Å². The highest BCUT2D eigenvalue weighted by atomic mass is 32.3. The summed E-state index contributed by atoms with van der Waals surface area (Å²) in [5.74, 6) is 2.60. The van der Waals surface area contributed by atoms with Crippen molar-refractivity contribution < 1.29 is 9.53 Å². The van der Waals surface area contributed by atoms with Crippen molar-refractivity contribution in [2.24, 2.45) is 0 Å². The van der Waals surface area contributed by atoms with Crippen LogP contribution in [-0.2, 0) is 6.42 Å². The second-order valence-electron chi connectivity index (χ2n) is 7.28. The number of likely N-dealkylation sites (N-methyl/N-ethyl adjacent to an activating group) is 1. The van der Waals surface area contributed by atoms with Crippen molar-refractivity contribution in [1.29, 1.82) is 0 Å². The number of hydrogen-bond donors (Lipinski definition) is 1. The van der Waals surface area contributed by atoms with Crippen molar-refractivity contribution >= 4 is 27.0 Å². The zero-order valence-corrected chi connectivity index (χ0v) is 15.8. The molecule has 24 heavy (non-hydrogen) atoms. The van der Waals surface area contributed by atoms with Gasteiger partial charge in [0.15, 0.2) is 0 Å². The van der Waals surface area contributed by atoms with Crippen LogP contribution in [0.1, 0.15) is 5.56 Å². The molecule has 5 nitrogen and oxygen atoms in total. The lowest BCUT2D eigenvalue weighted by molar-refractivity contribution is 0.166. The average Bonchev–Trinajstić information content (AvgIpc) is 3.09. The normalized spacial score (nSPS) is 18.3. The summed E-state index contributed by atoms with van der Waals surface area (Å²) in [5, 5.41) is 1.03. The van der Waals surface area contributed by atoms with E-state index in [1.54, 1.807) is 0 Å². The van der Waals surface area contributed by atoms with Crippen LogP contribution in [0.25, 0.3) is 10.9 Å². The van der Waals surface area contributed by atoms with Crippen molar-refractivity contribution in [3.63, 3.8) is 0 Å². The third kappa shape index (κ3) is 3.70. The number of amides is 1. The quantitative estimate of drug-likeness (QED) is 0.923. The Morgan fingerprint density at radius 1 is 1.38 bits per heavy atom. The van der Waals surface area contributed by atoms with Crippen LogP contribution in [0.15, 0.2) is 24.4 Å². The summed E-state index contributed by atoms with van der Waals surface area (Å²) in [6.07, 6.45) is 7.26. The van der Waals surface area contributed by atoms with Crippen LogP contribution in [-0.4, -0.2) is 72.2 Å². The number of ether oxygens (including phenoxy) is 1. The molecule has 0 aliphatic carbocycles. The van der Waals surface area contributed by atoms with Gasteiger partial charge >= 0.3 is 6.09 Å². The molecule has 1 aromatic heterocycles. The molecule has 0 saturated carbocycles. The van der Waals surface area contributed by atoms with Gasteiger partial charge in [-0.1, -0.05) is 6.07 Å². The zero-order valence-electron chi connectivity index (χ0n) is 15.0. The van der Waals surface area contributed by atoms with Crippen molar-refractivity contribution in [3.05, 3.63) is 30.0 Å². The fraction of sp³-hybridized carbons (Fsp3) is 0.500. The fourth-order valence-corrected chi connectivity index (χ4v) is 4.98. The van der Waals surface area contributed by atoms with Gasteiger partial charge in [-0.15, -0.1) is 0 Å². The molecule has 1 N–H and O–H groups in total. The molecule has 0 bridgehead atoms. The summed E-state index contributed by atoms with van der Waals surface area (Å²) in [6.45, 7) is 1.76. The Morgan fingerprint density at radius 2 is 2.17 bits per heavy atom. The molecule has 132 valence electrons. The second kappa shape index (κ2) is 6.69. The molecule has 0 unspecified atom stereocenters. The van der Waals surface area contributed by atoms with Crippen LogP contribution in [0.4, 0.5) is 4.79 Å². The summed E-state index contributed by atoms with van der Waals surface area (Å²) in [6, 6.07) is 5.84. The maximum atomic E-state index is 12.5. The van der Waals surface area contributed by atoms with Crippen LogP contribution in [0.3, 0.4) is 0 Å². The Balaban J connectivity index is 1.81. The van der Waals surface area contributed by atoms with E-state index in [9.17, 15) is 4.79 Å². The molecule has 1 fully saturated rings. The summed E-state index contributed by atoms with van der Waals surface area (Å²) >= 11 is 0. The van der Waals surface area contributed by atoms with Crippen LogP contribution in [0.5, 0.6) is 5.75 Å². The molecule has 2 aromatic rings. The van der Waals surface area contributed by atoms with Gasteiger partial charge in [-0.3, -0.25) is 4.90 Å². The standard InChI is InChI=1S/C18H27N3O2S/c1-20(2)9-8-14-12-19-15-6-5-7-16(17(14)15)23-18(22)21-10-11-24(3,4)13-21/h5-7,12,19H,8-11,13H2,1-4H3. The highest BCUT2D eigenvalue weighted by Gasteiger charge is 2.30. The van der Waals surface area contributed by atoms with E-state index in [1.165, 1.54) is 5.56 Å². The van der Waals surface area contributed by atoms with E-state index < -0.39 is 10.0 Å². The number of carbonyl (C=O) groups is 1. The number of hydrogen-bond acceptors (Lipinski definition) is 3. The van der Waals surface area contributed by atoms with E-state index in [0.29, 0.717) is 5.75 Å². The third-order valence-corrected chi connectivity index (χ3v) is 6.75. The molecular formula is C18H27N3O2S. The number of fused-ring (bicyclic) bond motifs is 1. The van der Waals surface area contributed by atoms with Gasteiger partial charge in [0.25, 0.3) is 0 Å². The van der Waals surface area contributed by atoms with Crippen LogP contribution < -0.4 is 4.74 Å². The molecule has 1 aliphatic heterocycles. The summed E-state index contributed by atoms with van der Waals surface area (Å²) in [4.78, 5) is 19.8.